The lowest BCUT2D eigenvalue weighted by Crippen LogP contribution is -2.48. The number of ether oxygens (including phenoxy) is 1. The molecular weight excluding hydrogens is 312 g/mol. The average molecular weight is 331 g/mol. The number of hydrogen-bond acceptors (Lipinski definition) is 3. The Bertz CT molecular complexity index is 705. The van der Waals surface area contributed by atoms with Crippen molar-refractivity contribution in [2.45, 2.75) is 6.04 Å². The van der Waals surface area contributed by atoms with Crippen molar-refractivity contribution in [2.75, 3.05) is 26.7 Å². The molecule has 3 rings (SSSR count). The van der Waals surface area contributed by atoms with Crippen LogP contribution >= 0.6 is 11.6 Å². The molecule has 1 unspecified atom stereocenters. The van der Waals surface area contributed by atoms with Crippen LogP contribution < -0.4 is 10.1 Å². The van der Waals surface area contributed by atoms with E-state index in [0.717, 1.165) is 17.9 Å². The minimum atomic E-state index is -0.0799. The molecule has 1 N–H and O–H groups in total. The zero-order valence-corrected chi connectivity index (χ0v) is 13.7. The maximum absolute atomic E-state index is 13.0. The first kappa shape index (κ1) is 15.8. The lowest BCUT2D eigenvalue weighted by atomic mass is 10.0. The molecule has 0 saturated carbocycles. The fraction of sp³-hybridized carbons (Fsp3) is 0.278. The molecule has 2 aromatic rings. The molecule has 0 bridgehead atoms. The molecule has 0 aliphatic carbocycles. The Hall–Kier alpha value is -2.04. The van der Waals surface area contributed by atoms with Gasteiger partial charge in [-0.2, -0.15) is 0 Å². The average Bonchev–Trinajstić information content (AvgIpc) is 2.61. The number of carbonyl (C=O) groups excluding carboxylic acids is 1. The lowest BCUT2D eigenvalue weighted by molar-refractivity contribution is 0.0632. The number of halogens is 1. The van der Waals surface area contributed by atoms with E-state index >= 15 is 0 Å². The Morgan fingerprint density at radius 2 is 1.96 bits per heavy atom. The van der Waals surface area contributed by atoms with Gasteiger partial charge < -0.3 is 15.0 Å². The molecule has 1 aliphatic rings. The summed E-state index contributed by atoms with van der Waals surface area (Å²) in [6, 6.07) is 14.9. The Labute approximate surface area is 141 Å². The Kier molecular flexibility index (Phi) is 4.84. The lowest BCUT2D eigenvalue weighted by Gasteiger charge is -2.37. The van der Waals surface area contributed by atoms with Gasteiger partial charge in [-0.05, 0) is 18.2 Å². The summed E-state index contributed by atoms with van der Waals surface area (Å²) in [5.74, 6) is 0.742. The van der Waals surface area contributed by atoms with Gasteiger partial charge in [0, 0.05) is 25.2 Å². The Morgan fingerprint density at radius 3 is 2.74 bits per heavy atom. The van der Waals surface area contributed by atoms with Crippen LogP contribution in [0.5, 0.6) is 5.75 Å². The van der Waals surface area contributed by atoms with E-state index in [1.807, 2.05) is 41.3 Å². The van der Waals surface area contributed by atoms with Crippen LogP contribution in [0.25, 0.3) is 0 Å². The van der Waals surface area contributed by atoms with E-state index in [4.69, 9.17) is 16.3 Å². The van der Waals surface area contributed by atoms with Crippen LogP contribution in [0.3, 0.4) is 0 Å². The summed E-state index contributed by atoms with van der Waals surface area (Å²) in [5, 5.41) is 3.83. The summed E-state index contributed by atoms with van der Waals surface area (Å²) in [5.41, 5.74) is 1.54. The second kappa shape index (κ2) is 7.02. The van der Waals surface area contributed by atoms with Gasteiger partial charge in [0.25, 0.3) is 5.91 Å². The molecule has 0 spiro atoms. The first-order valence-corrected chi connectivity index (χ1v) is 7.99. The topological polar surface area (TPSA) is 41.6 Å². The van der Waals surface area contributed by atoms with Gasteiger partial charge in [-0.15, -0.1) is 0 Å². The van der Waals surface area contributed by atoms with Gasteiger partial charge in [-0.25, -0.2) is 0 Å². The second-order valence-electron chi connectivity index (χ2n) is 5.44. The zero-order valence-electron chi connectivity index (χ0n) is 13.0. The van der Waals surface area contributed by atoms with Crippen molar-refractivity contribution < 1.29 is 9.53 Å². The van der Waals surface area contributed by atoms with Crippen LogP contribution in [0.15, 0.2) is 48.5 Å². The number of amides is 1. The third-order valence-electron chi connectivity index (χ3n) is 4.11. The molecule has 120 valence electrons. The van der Waals surface area contributed by atoms with Gasteiger partial charge in [-0.3, -0.25) is 4.79 Å². The van der Waals surface area contributed by atoms with E-state index in [0.29, 0.717) is 23.7 Å². The van der Waals surface area contributed by atoms with Crippen molar-refractivity contribution >= 4 is 17.5 Å². The molecule has 1 saturated heterocycles. The number of para-hydroxylation sites is 1. The largest absolute Gasteiger partial charge is 0.496 e. The van der Waals surface area contributed by atoms with E-state index in [1.54, 1.807) is 19.2 Å². The van der Waals surface area contributed by atoms with Gasteiger partial charge in [-0.1, -0.05) is 41.9 Å². The molecule has 23 heavy (non-hydrogen) atoms. The summed E-state index contributed by atoms with van der Waals surface area (Å²) in [6.45, 7) is 2.09. The highest BCUT2D eigenvalue weighted by molar-refractivity contribution is 6.33. The fourth-order valence-electron chi connectivity index (χ4n) is 2.96. The third-order valence-corrected chi connectivity index (χ3v) is 4.44. The van der Waals surface area contributed by atoms with Gasteiger partial charge >= 0.3 is 0 Å². The Balaban J connectivity index is 1.96. The zero-order chi connectivity index (χ0) is 16.2. The quantitative estimate of drug-likeness (QED) is 0.940. The van der Waals surface area contributed by atoms with Gasteiger partial charge in [0.1, 0.15) is 5.75 Å². The number of hydrogen-bond donors (Lipinski definition) is 1. The van der Waals surface area contributed by atoms with Crippen molar-refractivity contribution in [1.29, 1.82) is 0 Å². The number of nitrogens with zero attached hydrogens (tertiary/aromatic N) is 1. The standard InChI is InChI=1S/C18H19ClN2O2/c1-23-17-9-5-3-7-14(17)16-12-20-10-11-21(16)18(22)13-6-2-4-8-15(13)19/h2-9,16,20H,10-12H2,1H3. The first-order chi connectivity index (χ1) is 11.2. The molecule has 1 fully saturated rings. The van der Waals surface area contributed by atoms with Crippen LogP contribution in [0, 0.1) is 0 Å². The minimum absolute atomic E-state index is 0.0481. The van der Waals surface area contributed by atoms with Crippen LogP contribution in [0.4, 0.5) is 0 Å². The van der Waals surface area contributed by atoms with Gasteiger partial charge in [0.15, 0.2) is 0 Å². The van der Waals surface area contributed by atoms with E-state index in [1.165, 1.54) is 0 Å². The van der Waals surface area contributed by atoms with Crippen molar-refractivity contribution in [2.24, 2.45) is 0 Å². The summed E-state index contributed by atoms with van der Waals surface area (Å²) >= 11 is 6.20. The van der Waals surface area contributed by atoms with Gasteiger partial charge in [0.05, 0.1) is 23.7 Å². The first-order valence-electron chi connectivity index (χ1n) is 7.61. The summed E-state index contributed by atoms with van der Waals surface area (Å²) in [6.07, 6.45) is 0. The van der Waals surface area contributed by atoms with Crippen LogP contribution in [0.1, 0.15) is 22.0 Å². The highest BCUT2D eigenvalue weighted by atomic mass is 35.5. The highest BCUT2D eigenvalue weighted by Crippen LogP contribution is 2.32. The van der Waals surface area contributed by atoms with Crippen LogP contribution in [0.2, 0.25) is 5.02 Å². The molecule has 1 heterocycles. The number of rotatable bonds is 3. The molecule has 1 amide bonds. The monoisotopic (exact) mass is 330 g/mol. The maximum Gasteiger partial charge on any atom is 0.255 e. The number of carbonyl (C=O) groups is 1. The molecule has 0 aromatic heterocycles. The molecule has 1 atom stereocenters. The maximum atomic E-state index is 13.0. The molecule has 1 aliphatic heterocycles. The second-order valence-corrected chi connectivity index (χ2v) is 5.85. The summed E-state index contributed by atoms with van der Waals surface area (Å²) in [7, 11) is 1.65. The SMILES string of the molecule is COc1ccccc1C1CNCCN1C(=O)c1ccccc1Cl. The predicted octanol–water partition coefficient (Wildman–Crippen LogP) is 3.14. The summed E-state index contributed by atoms with van der Waals surface area (Å²) in [4.78, 5) is 14.8. The number of piperazine rings is 1. The number of methoxy groups -OCH3 is 1. The predicted molar refractivity (Wildman–Crippen MR) is 91.1 cm³/mol. The van der Waals surface area contributed by atoms with Crippen molar-refractivity contribution in [3.8, 4) is 5.75 Å². The minimum Gasteiger partial charge on any atom is -0.496 e. The molecule has 4 nitrogen and oxygen atoms in total. The fourth-order valence-corrected chi connectivity index (χ4v) is 3.17. The normalized spacial score (nSPS) is 17.8. The van der Waals surface area contributed by atoms with Crippen LogP contribution in [-0.4, -0.2) is 37.6 Å². The number of nitrogens with one attached hydrogen (secondary N) is 1. The summed E-state index contributed by atoms with van der Waals surface area (Å²) < 4.78 is 5.46. The molecule has 5 heteroatoms. The van der Waals surface area contributed by atoms with Crippen molar-refractivity contribution in [3.63, 3.8) is 0 Å². The van der Waals surface area contributed by atoms with E-state index in [2.05, 4.69) is 5.32 Å². The van der Waals surface area contributed by atoms with E-state index < -0.39 is 0 Å². The van der Waals surface area contributed by atoms with Crippen molar-refractivity contribution in [1.82, 2.24) is 10.2 Å². The number of benzene rings is 2. The Morgan fingerprint density at radius 1 is 1.22 bits per heavy atom. The molecule has 2 aromatic carbocycles. The highest BCUT2D eigenvalue weighted by Gasteiger charge is 2.31. The smallest absolute Gasteiger partial charge is 0.255 e. The molecule has 0 radical (unpaired) electrons. The third kappa shape index (κ3) is 3.19. The molecular formula is C18H19ClN2O2. The van der Waals surface area contributed by atoms with E-state index in [-0.39, 0.29) is 11.9 Å². The van der Waals surface area contributed by atoms with Crippen molar-refractivity contribution in [3.05, 3.63) is 64.7 Å². The van der Waals surface area contributed by atoms with Crippen LogP contribution in [-0.2, 0) is 0 Å². The van der Waals surface area contributed by atoms with E-state index in [9.17, 15) is 4.79 Å². The van der Waals surface area contributed by atoms with Gasteiger partial charge in [0.2, 0.25) is 0 Å².